The molecule has 0 aromatic heterocycles. The normalized spacial score (nSPS) is 15.0. The van der Waals surface area contributed by atoms with Gasteiger partial charge in [0.1, 0.15) is 0 Å². The lowest BCUT2D eigenvalue weighted by Crippen LogP contribution is -2.24. The van der Waals surface area contributed by atoms with E-state index in [1.165, 1.54) is 0 Å². The molecule has 0 amide bonds. The Morgan fingerprint density at radius 3 is 1.88 bits per heavy atom. The van der Waals surface area contributed by atoms with Crippen LogP contribution < -0.4 is 0 Å². The van der Waals surface area contributed by atoms with Crippen molar-refractivity contribution in [1.29, 1.82) is 0 Å². The van der Waals surface area contributed by atoms with Gasteiger partial charge in [0.05, 0.1) is 51.8 Å². The van der Waals surface area contributed by atoms with Crippen molar-refractivity contribution in [2.24, 2.45) is 0 Å². The van der Waals surface area contributed by atoms with Crippen molar-refractivity contribution >= 4 is 0 Å². The van der Waals surface area contributed by atoms with Gasteiger partial charge in [-0.1, -0.05) is 0 Å². The lowest BCUT2D eigenvalue weighted by atomic mass is 10.3. The maximum Gasteiger partial charge on any atom is 0.0804 e. The minimum atomic E-state index is -0.447. The Labute approximate surface area is 97.6 Å². The Kier molecular flexibility index (Phi) is 11.1. The predicted octanol–water partition coefficient (Wildman–Crippen LogP) is 0.452. The molecule has 0 rings (SSSR count). The third-order valence-corrected chi connectivity index (χ3v) is 2.09. The molecule has 2 atom stereocenters. The number of rotatable bonds is 11. The van der Waals surface area contributed by atoms with Crippen molar-refractivity contribution in [3.63, 3.8) is 0 Å². The average molecular weight is 236 g/mol. The van der Waals surface area contributed by atoms with Crippen LogP contribution in [0, 0.1) is 0 Å². The number of hydrogen-bond acceptors (Lipinski definition) is 5. The van der Waals surface area contributed by atoms with Crippen LogP contribution in [0.4, 0.5) is 0 Å². The Morgan fingerprint density at radius 1 is 0.875 bits per heavy atom. The second-order valence-electron chi connectivity index (χ2n) is 3.53. The van der Waals surface area contributed by atoms with Crippen molar-refractivity contribution in [1.82, 2.24) is 0 Å². The van der Waals surface area contributed by atoms with E-state index in [2.05, 4.69) is 0 Å². The van der Waals surface area contributed by atoms with Gasteiger partial charge in [0.15, 0.2) is 0 Å². The molecule has 1 unspecified atom stereocenters. The van der Waals surface area contributed by atoms with E-state index in [1.807, 2.05) is 6.92 Å². The molecule has 0 radical (unpaired) electrons. The summed E-state index contributed by atoms with van der Waals surface area (Å²) in [6.45, 7) is 6.86. The Bertz CT molecular complexity index is 140. The molecule has 0 bridgehead atoms. The first-order valence-corrected chi connectivity index (χ1v) is 5.62. The molecule has 98 valence electrons. The van der Waals surface area contributed by atoms with Crippen LogP contribution in [0.3, 0.4) is 0 Å². The first kappa shape index (κ1) is 15.8. The molecule has 0 saturated carbocycles. The van der Waals surface area contributed by atoms with Crippen molar-refractivity contribution in [3.05, 3.63) is 0 Å². The van der Waals surface area contributed by atoms with Crippen LogP contribution in [0.2, 0.25) is 0 Å². The minimum Gasteiger partial charge on any atom is -0.391 e. The molecule has 1 N–H and O–H groups in total. The molecule has 5 heteroatoms. The Hall–Kier alpha value is -0.200. The van der Waals surface area contributed by atoms with Crippen LogP contribution in [0.15, 0.2) is 0 Å². The second kappa shape index (κ2) is 11.3. The number of ether oxygens (including phenoxy) is 4. The highest BCUT2D eigenvalue weighted by Gasteiger charge is 2.07. The van der Waals surface area contributed by atoms with E-state index >= 15 is 0 Å². The lowest BCUT2D eigenvalue weighted by Gasteiger charge is -2.15. The quantitative estimate of drug-likeness (QED) is 0.528. The summed E-state index contributed by atoms with van der Waals surface area (Å²) in [6.07, 6.45) is -0.598. The topological polar surface area (TPSA) is 57.2 Å². The molecule has 0 aromatic rings. The first-order chi connectivity index (χ1) is 7.68. The van der Waals surface area contributed by atoms with Gasteiger partial charge in [0.2, 0.25) is 0 Å². The van der Waals surface area contributed by atoms with Gasteiger partial charge in [-0.05, 0) is 13.8 Å². The lowest BCUT2D eigenvalue weighted by molar-refractivity contribution is -0.0475. The van der Waals surface area contributed by atoms with E-state index in [9.17, 15) is 0 Å². The van der Waals surface area contributed by atoms with Crippen LogP contribution >= 0.6 is 0 Å². The molecule has 0 aromatic carbocycles. The number of aliphatic hydroxyl groups is 1. The summed E-state index contributed by atoms with van der Waals surface area (Å²) in [7, 11) is 1.64. The van der Waals surface area contributed by atoms with Crippen LogP contribution in [-0.4, -0.2) is 64.1 Å². The molecule has 5 nitrogen and oxygen atoms in total. The summed E-state index contributed by atoms with van der Waals surface area (Å²) in [5, 5.41) is 9.15. The van der Waals surface area contributed by atoms with Gasteiger partial charge >= 0.3 is 0 Å². The number of hydrogen-bond donors (Lipinski definition) is 1. The zero-order valence-corrected chi connectivity index (χ0v) is 10.5. The molecule has 0 saturated heterocycles. The van der Waals surface area contributed by atoms with Crippen molar-refractivity contribution in [2.45, 2.75) is 26.1 Å². The third-order valence-electron chi connectivity index (χ3n) is 2.09. The van der Waals surface area contributed by atoms with E-state index in [0.29, 0.717) is 39.6 Å². The fourth-order valence-corrected chi connectivity index (χ4v) is 0.896. The van der Waals surface area contributed by atoms with Crippen molar-refractivity contribution < 1.29 is 24.1 Å². The van der Waals surface area contributed by atoms with Crippen LogP contribution in [0.1, 0.15) is 13.8 Å². The van der Waals surface area contributed by atoms with Gasteiger partial charge in [0, 0.05) is 7.11 Å². The molecular weight excluding hydrogens is 212 g/mol. The summed E-state index contributed by atoms with van der Waals surface area (Å²) in [5.74, 6) is 0. The van der Waals surface area contributed by atoms with E-state index < -0.39 is 6.10 Å². The van der Waals surface area contributed by atoms with Crippen molar-refractivity contribution in [2.75, 3.05) is 46.8 Å². The molecule has 0 heterocycles. The fraction of sp³-hybridized carbons (Fsp3) is 1.00. The van der Waals surface area contributed by atoms with E-state index in [4.69, 9.17) is 24.1 Å². The minimum absolute atomic E-state index is 0.151. The summed E-state index contributed by atoms with van der Waals surface area (Å²) in [5.41, 5.74) is 0. The highest BCUT2D eigenvalue weighted by Crippen LogP contribution is 1.96. The highest BCUT2D eigenvalue weighted by molar-refractivity contribution is 4.56. The molecular formula is C11H24O5. The largest absolute Gasteiger partial charge is 0.391 e. The average Bonchev–Trinajstić information content (AvgIpc) is 2.26. The maximum atomic E-state index is 9.15. The Morgan fingerprint density at radius 2 is 1.38 bits per heavy atom. The summed E-state index contributed by atoms with van der Waals surface area (Å²) < 4.78 is 20.6. The zero-order valence-electron chi connectivity index (χ0n) is 10.5. The first-order valence-electron chi connectivity index (χ1n) is 5.62. The molecule has 0 aliphatic heterocycles. The second-order valence-corrected chi connectivity index (χ2v) is 3.53. The van der Waals surface area contributed by atoms with E-state index in [1.54, 1.807) is 14.0 Å². The van der Waals surface area contributed by atoms with E-state index in [-0.39, 0.29) is 6.10 Å². The van der Waals surface area contributed by atoms with Gasteiger partial charge in [0.25, 0.3) is 0 Å². The predicted molar refractivity (Wildman–Crippen MR) is 60.6 cm³/mol. The van der Waals surface area contributed by atoms with Crippen LogP contribution in [0.25, 0.3) is 0 Å². The molecule has 0 spiro atoms. The molecule has 0 aliphatic carbocycles. The van der Waals surface area contributed by atoms with Crippen LogP contribution in [0.5, 0.6) is 0 Å². The zero-order chi connectivity index (χ0) is 12.2. The van der Waals surface area contributed by atoms with Gasteiger partial charge in [-0.25, -0.2) is 0 Å². The standard InChI is InChI=1S/C11H24O5/c1-10(12)11(2)16-9-8-15-7-6-14-5-4-13-3/h10-12H,4-9H2,1-3H3/t10-,11?/m1/s1. The molecule has 16 heavy (non-hydrogen) atoms. The van der Waals surface area contributed by atoms with Gasteiger partial charge < -0.3 is 24.1 Å². The van der Waals surface area contributed by atoms with Gasteiger partial charge in [-0.2, -0.15) is 0 Å². The number of methoxy groups -OCH3 is 1. The maximum absolute atomic E-state index is 9.15. The Balaban J connectivity index is 3.04. The SMILES string of the molecule is COCCOCCOCCOC(C)[C@@H](C)O. The monoisotopic (exact) mass is 236 g/mol. The van der Waals surface area contributed by atoms with Gasteiger partial charge in [-0.3, -0.25) is 0 Å². The number of aliphatic hydroxyl groups excluding tert-OH is 1. The molecule has 0 fully saturated rings. The highest BCUT2D eigenvalue weighted by atomic mass is 16.6. The summed E-state index contributed by atoms with van der Waals surface area (Å²) in [4.78, 5) is 0. The fourth-order valence-electron chi connectivity index (χ4n) is 0.896. The third kappa shape index (κ3) is 10.3. The van der Waals surface area contributed by atoms with E-state index in [0.717, 1.165) is 0 Å². The summed E-state index contributed by atoms with van der Waals surface area (Å²) >= 11 is 0. The smallest absolute Gasteiger partial charge is 0.0804 e. The van der Waals surface area contributed by atoms with Crippen LogP contribution in [-0.2, 0) is 18.9 Å². The summed E-state index contributed by atoms with van der Waals surface area (Å²) in [6, 6.07) is 0. The van der Waals surface area contributed by atoms with Gasteiger partial charge in [-0.15, -0.1) is 0 Å². The molecule has 0 aliphatic rings. The van der Waals surface area contributed by atoms with Crippen molar-refractivity contribution in [3.8, 4) is 0 Å².